The van der Waals surface area contributed by atoms with Gasteiger partial charge in [0.1, 0.15) is 11.6 Å². The minimum absolute atomic E-state index is 0.321. The number of hydrogen-bond acceptors (Lipinski definition) is 6. The van der Waals surface area contributed by atoms with Crippen LogP contribution in [0.1, 0.15) is 68.1 Å². The van der Waals surface area contributed by atoms with Gasteiger partial charge in [-0.15, -0.1) is 0 Å². The van der Waals surface area contributed by atoms with E-state index in [9.17, 15) is 28.8 Å². The summed E-state index contributed by atoms with van der Waals surface area (Å²) in [6.07, 6.45) is -1.19. The molecule has 8 heteroatoms. The van der Waals surface area contributed by atoms with Gasteiger partial charge in [0.05, 0.1) is 24.0 Å². The van der Waals surface area contributed by atoms with Crippen LogP contribution in [0.25, 0.3) is 0 Å². The van der Waals surface area contributed by atoms with Crippen molar-refractivity contribution in [1.82, 2.24) is 0 Å². The first-order valence-corrected chi connectivity index (χ1v) is 6.88. The fourth-order valence-corrected chi connectivity index (χ4v) is 2.22. The number of benzene rings is 1. The predicted molar refractivity (Wildman–Crippen MR) is 82.7 cm³/mol. The van der Waals surface area contributed by atoms with Crippen molar-refractivity contribution in [3.05, 3.63) is 34.4 Å². The van der Waals surface area contributed by atoms with Gasteiger partial charge in [-0.3, -0.25) is 28.8 Å². The molecule has 0 aliphatic carbocycles. The third kappa shape index (κ3) is 4.19. The van der Waals surface area contributed by atoms with E-state index in [1.807, 2.05) is 0 Å². The van der Waals surface area contributed by atoms with Gasteiger partial charge >= 0.3 is 0 Å². The molecule has 0 aromatic heterocycles. The summed E-state index contributed by atoms with van der Waals surface area (Å²) >= 11 is 0. The Morgan fingerprint density at radius 1 is 0.708 bits per heavy atom. The molecule has 8 nitrogen and oxygen atoms in total. The van der Waals surface area contributed by atoms with Crippen molar-refractivity contribution >= 4 is 34.9 Å². The highest BCUT2D eigenvalue weighted by atomic mass is 16.2. The van der Waals surface area contributed by atoms with Gasteiger partial charge in [0.15, 0.2) is 11.6 Å². The number of nitrogens with two attached hydrogens (primary N) is 2. The molecule has 0 aliphatic heterocycles. The minimum atomic E-state index is -1.02. The standard InChI is InChI=1S/C16H16N2O6/c1-7(19)5-11(21)13-9(15(17)23)3-4-10(16(18)24)14(13)12(22)6-8(2)20/h3-4H,5-6H2,1-2H3,(H2,17,23)(H2,18,24). The van der Waals surface area contributed by atoms with E-state index < -0.39 is 58.9 Å². The van der Waals surface area contributed by atoms with Gasteiger partial charge in [-0.1, -0.05) is 0 Å². The summed E-state index contributed by atoms with van der Waals surface area (Å²) in [5.41, 5.74) is 8.86. The van der Waals surface area contributed by atoms with Crippen LogP contribution in [0.5, 0.6) is 0 Å². The van der Waals surface area contributed by atoms with E-state index >= 15 is 0 Å². The maximum absolute atomic E-state index is 12.3. The first kappa shape index (κ1) is 18.9. The molecule has 0 unspecified atom stereocenters. The summed E-state index contributed by atoms with van der Waals surface area (Å²) in [6, 6.07) is 2.17. The Bertz CT molecular complexity index is 714. The largest absolute Gasteiger partial charge is 0.366 e. The van der Waals surface area contributed by atoms with E-state index in [0.717, 1.165) is 26.0 Å². The summed E-state index contributed by atoms with van der Waals surface area (Å²) in [5.74, 6) is -4.77. The van der Waals surface area contributed by atoms with Crippen LogP contribution in [0.4, 0.5) is 0 Å². The summed E-state index contributed by atoms with van der Waals surface area (Å²) in [7, 11) is 0. The van der Waals surface area contributed by atoms with Gasteiger partial charge in [-0.2, -0.15) is 0 Å². The lowest BCUT2D eigenvalue weighted by molar-refractivity contribution is -0.117. The molecule has 0 saturated heterocycles. The van der Waals surface area contributed by atoms with Crippen LogP contribution in [0.2, 0.25) is 0 Å². The van der Waals surface area contributed by atoms with Crippen molar-refractivity contribution in [2.24, 2.45) is 11.5 Å². The SMILES string of the molecule is CC(=O)CC(=O)c1c(C(N)=O)ccc(C(N)=O)c1C(=O)CC(C)=O. The van der Waals surface area contributed by atoms with Crippen LogP contribution >= 0.6 is 0 Å². The molecule has 1 aromatic rings. The topological polar surface area (TPSA) is 154 Å². The van der Waals surface area contributed by atoms with Crippen LogP contribution in [0.3, 0.4) is 0 Å². The Morgan fingerprint density at radius 2 is 1.00 bits per heavy atom. The van der Waals surface area contributed by atoms with Gasteiger partial charge in [-0.05, 0) is 26.0 Å². The zero-order valence-corrected chi connectivity index (χ0v) is 13.2. The van der Waals surface area contributed by atoms with Crippen molar-refractivity contribution in [3.8, 4) is 0 Å². The molecule has 0 bridgehead atoms. The summed E-state index contributed by atoms with van der Waals surface area (Å²) in [4.78, 5) is 70.3. The summed E-state index contributed by atoms with van der Waals surface area (Å²) < 4.78 is 0. The summed E-state index contributed by atoms with van der Waals surface area (Å²) in [6.45, 7) is 2.30. The number of Topliss-reactive ketones (excluding diaryl/α,β-unsaturated/α-hetero) is 4. The molecule has 0 aliphatic rings. The van der Waals surface area contributed by atoms with E-state index in [-0.39, 0.29) is 11.1 Å². The molecule has 1 aromatic carbocycles. The van der Waals surface area contributed by atoms with E-state index in [1.54, 1.807) is 0 Å². The lowest BCUT2D eigenvalue weighted by Crippen LogP contribution is -2.26. The molecule has 0 heterocycles. The molecule has 1 rings (SSSR count). The zero-order chi connectivity index (χ0) is 18.6. The molecular weight excluding hydrogens is 316 g/mol. The van der Waals surface area contributed by atoms with E-state index in [4.69, 9.17) is 11.5 Å². The second-order valence-corrected chi connectivity index (χ2v) is 5.24. The Kier molecular flexibility index (Phi) is 5.83. The molecular formula is C16H16N2O6. The average Bonchev–Trinajstić information content (AvgIpc) is 2.43. The van der Waals surface area contributed by atoms with Gasteiger partial charge < -0.3 is 11.5 Å². The van der Waals surface area contributed by atoms with Crippen molar-refractivity contribution < 1.29 is 28.8 Å². The molecule has 0 saturated carbocycles. The number of rotatable bonds is 8. The molecule has 126 valence electrons. The third-order valence-electron chi connectivity index (χ3n) is 3.11. The van der Waals surface area contributed by atoms with E-state index in [2.05, 4.69) is 0 Å². The Hall–Kier alpha value is -3.16. The number of primary amides is 2. The zero-order valence-electron chi connectivity index (χ0n) is 13.2. The number of carbonyl (C=O) groups is 6. The van der Waals surface area contributed by atoms with Crippen LogP contribution in [-0.2, 0) is 9.59 Å². The predicted octanol–water partition coefficient (Wildman–Crippen LogP) is 0.208. The highest BCUT2D eigenvalue weighted by molar-refractivity contribution is 6.23. The van der Waals surface area contributed by atoms with Crippen LogP contribution in [-0.4, -0.2) is 34.9 Å². The molecule has 0 spiro atoms. The third-order valence-corrected chi connectivity index (χ3v) is 3.11. The fourth-order valence-electron chi connectivity index (χ4n) is 2.22. The monoisotopic (exact) mass is 332 g/mol. The first-order valence-electron chi connectivity index (χ1n) is 6.88. The van der Waals surface area contributed by atoms with E-state index in [1.165, 1.54) is 0 Å². The second-order valence-electron chi connectivity index (χ2n) is 5.24. The molecule has 4 N–H and O–H groups in total. The number of carbonyl (C=O) groups excluding carboxylic acids is 6. The molecule has 0 fully saturated rings. The maximum atomic E-state index is 12.3. The quantitative estimate of drug-likeness (QED) is 0.512. The molecule has 24 heavy (non-hydrogen) atoms. The molecule has 0 atom stereocenters. The number of hydrogen-bond donors (Lipinski definition) is 2. The van der Waals surface area contributed by atoms with Gasteiger partial charge in [0.2, 0.25) is 11.8 Å². The van der Waals surface area contributed by atoms with Gasteiger partial charge in [0, 0.05) is 11.1 Å². The van der Waals surface area contributed by atoms with Crippen LogP contribution in [0, 0.1) is 0 Å². The number of ketones is 4. The highest BCUT2D eigenvalue weighted by Crippen LogP contribution is 2.23. The van der Waals surface area contributed by atoms with Crippen molar-refractivity contribution in [2.75, 3.05) is 0 Å². The average molecular weight is 332 g/mol. The smallest absolute Gasteiger partial charge is 0.249 e. The van der Waals surface area contributed by atoms with Crippen LogP contribution < -0.4 is 11.5 Å². The highest BCUT2D eigenvalue weighted by Gasteiger charge is 2.28. The van der Waals surface area contributed by atoms with Crippen molar-refractivity contribution in [3.63, 3.8) is 0 Å². The fraction of sp³-hybridized carbons (Fsp3) is 0.250. The second kappa shape index (κ2) is 7.40. The minimum Gasteiger partial charge on any atom is -0.366 e. The molecule has 2 amide bonds. The molecule has 0 radical (unpaired) electrons. The lowest BCUT2D eigenvalue weighted by atomic mass is 9.87. The van der Waals surface area contributed by atoms with Crippen molar-refractivity contribution in [1.29, 1.82) is 0 Å². The van der Waals surface area contributed by atoms with Gasteiger partial charge in [-0.25, -0.2) is 0 Å². The first-order chi connectivity index (χ1) is 11.1. The summed E-state index contributed by atoms with van der Waals surface area (Å²) in [5, 5.41) is 0. The number of amides is 2. The van der Waals surface area contributed by atoms with Crippen LogP contribution in [0.15, 0.2) is 12.1 Å². The Labute approximate surface area is 137 Å². The van der Waals surface area contributed by atoms with Gasteiger partial charge in [0.25, 0.3) is 0 Å². The normalized spacial score (nSPS) is 10.1. The van der Waals surface area contributed by atoms with E-state index in [0.29, 0.717) is 0 Å². The maximum Gasteiger partial charge on any atom is 0.249 e. The lowest BCUT2D eigenvalue weighted by Gasteiger charge is -2.14. The Balaban J connectivity index is 3.78. The Morgan fingerprint density at radius 3 is 1.21 bits per heavy atom. The van der Waals surface area contributed by atoms with Crippen molar-refractivity contribution in [2.45, 2.75) is 26.7 Å².